The molecule has 0 unspecified atom stereocenters. The molecule has 96 valence electrons. The molecule has 1 rings (SSSR count). The molecule has 0 aromatic rings. The lowest BCUT2D eigenvalue weighted by atomic mass is 10.0. The van der Waals surface area contributed by atoms with Crippen LogP contribution in [0.2, 0.25) is 0 Å². The molecule has 1 aliphatic rings. The van der Waals surface area contributed by atoms with Crippen LogP contribution < -0.4 is 0 Å². The van der Waals surface area contributed by atoms with Gasteiger partial charge in [0, 0.05) is 25.3 Å². The Bertz CT molecular complexity index is 169. The number of unbranched alkanes of at least 4 members (excludes halogenated alkanes) is 2. The van der Waals surface area contributed by atoms with Crippen LogP contribution in [0.25, 0.3) is 0 Å². The van der Waals surface area contributed by atoms with E-state index in [9.17, 15) is 4.39 Å². The standard InChI is InChI=1S/C13H26FNO/c1-12(2)15(9-5-3-4-8-14)13-6-10-16-11-7-13/h12-13H,3-11H2,1-2H3. The Morgan fingerprint density at radius 2 is 1.88 bits per heavy atom. The summed E-state index contributed by atoms with van der Waals surface area (Å²) in [4.78, 5) is 2.57. The highest BCUT2D eigenvalue weighted by molar-refractivity contribution is 4.77. The number of hydrogen-bond acceptors (Lipinski definition) is 2. The largest absolute Gasteiger partial charge is 0.381 e. The van der Waals surface area contributed by atoms with Gasteiger partial charge in [-0.2, -0.15) is 0 Å². The third-order valence-corrected chi connectivity index (χ3v) is 3.37. The van der Waals surface area contributed by atoms with Crippen molar-refractivity contribution in [3.63, 3.8) is 0 Å². The van der Waals surface area contributed by atoms with Crippen molar-refractivity contribution in [1.82, 2.24) is 4.90 Å². The third kappa shape index (κ3) is 4.79. The van der Waals surface area contributed by atoms with E-state index in [1.165, 1.54) is 0 Å². The summed E-state index contributed by atoms with van der Waals surface area (Å²) in [5, 5.41) is 0. The average molecular weight is 231 g/mol. The maximum Gasteiger partial charge on any atom is 0.0894 e. The van der Waals surface area contributed by atoms with Gasteiger partial charge in [-0.05, 0) is 52.5 Å². The number of hydrogen-bond donors (Lipinski definition) is 0. The van der Waals surface area contributed by atoms with Gasteiger partial charge in [0.2, 0.25) is 0 Å². The minimum atomic E-state index is -0.168. The second kappa shape index (κ2) is 8.02. The summed E-state index contributed by atoms with van der Waals surface area (Å²) in [6.07, 6.45) is 5.17. The van der Waals surface area contributed by atoms with Gasteiger partial charge in [-0.3, -0.25) is 9.29 Å². The molecule has 0 aromatic heterocycles. The number of nitrogens with zero attached hydrogens (tertiary/aromatic N) is 1. The van der Waals surface area contributed by atoms with Gasteiger partial charge in [0.05, 0.1) is 6.67 Å². The first-order chi connectivity index (χ1) is 7.75. The number of halogens is 1. The second-order valence-electron chi connectivity index (χ2n) is 4.92. The number of alkyl halides is 1. The Morgan fingerprint density at radius 1 is 1.19 bits per heavy atom. The van der Waals surface area contributed by atoms with Crippen LogP contribution in [0.1, 0.15) is 46.0 Å². The van der Waals surface area contributed by atoms with E-state index in [0.717, 1.165) is 51.9 Å². The summed E-state index contributed by atoms with van der Waals surface area (Å²) in [5.74, 6) is 0. The van der Waals surface area contributed by atoms with Gasteiger partial charge in [0.25, 0.3) is 0 Å². The lowest BCUT2D eigenvalue weighted by Gasteiger charge is -2.37. The van der Waals surface area contributed by atoms with E-state index in [2.05, 4.69) is 18.7 Å². The molecule has 1 fully saturated rings. The molecule has 0 amide bonds. The Hall–Kier alpha value is -0.150. The van der Waals surface area contributed by atoms with Crippen molar-refractivity contribution < 1.29 is 9.13 Å². The van der Waals surface area contributed by atoms with Crippen molar-refractivity contribution in [3.8, 4) is 0 Å². The van der Waals surface area contributed by atoms with E-state index in [1.807, 2.05) is 0 Å². The van der Waals surface area contributed by atoms with Crippen molar-refractivity contribution in [3.05, 3.63) is 0 Å². The predicted octanol–water partition coefficient (Wildman–Crippen LogP) is 3.02. The molecule has 0 saturated carbocycles. The zero-order chi connectivity index (χ0) is 11.8. The lowest BCUT2D eigenvalue weighted by molar-refractivity contribution is 0.0217. The molecule has 0 aliphatic carbocycles. The van der Waals surface area contributed by atoms with Gasteiger partial charge in [-0.1, -0.05) is 0 Å². The van der Waals surface area contributed by atoms with Crippen molar-refractivity contribution in [2.75, 3.05) is 26.4 Å². The first kappa shape index (κ1) is 13.9. The highest BCUT2D eigenvalue weighted by Gasteiger charge is 2.22. The normalized spacial score (nSPS) is 18.6. The third-order valence-electron chi connectivity index (χ3n) is 3.37. The molecule has 0 atom stereocenters. The zero-order valence-corrected chi connectivity index (χ0v) is 10.8. The molecule has 1 aliphatic heterocycles. The average Bonchev–Trinajstić information content (AvgIpc) is 2.30. The summed E-state index contributed by atoms with van der Waals surface area (Å²) < 4.78 is 17.4. The first-order valence-electron chi connectivity index (χ1n) is 6.65. The maximum absolute atomic E-state index is 12.0. The molecule has 0 radical (unpaired) electrons. The summed E-state index contributed by atoms with van der Waals surface area (Å²) in [5.41, 5.74) is 0. The maximum atomic E-state index is 12.0. The highest BCUT2D eigenvalue weighted by Crippen LogP contribution is 2.18. The minimum Gasteiger partial charge on any atom is -0.381 e. The molecular formula is C13H26FNO. The van der Waals surface area contributed by atoms with Crippen molar-refractivity contribution in [2.45, 2.75) is 58.0 Å². The van der Waals surface area contributed by atoms with Crippen LogP contribution in [0.15, 0.2) is 0 Å². The van der Waals surface area contributed by atoms with Gasteiger partial charge in [-0.15, -0.1) is 0 Å². The topological polar surface area (TPSA) is 12.5 Å². The molecule has 1 heterocycles. The summed E-state index contributed by atoms with van der Waals surface area (Å²) in [6, 6.07) is 1.27. The summed E-state index contributed by atoms with van der Waals surface area (Å²) in [6.45, 7) is 7.26. The van der Waals surface area contributed by atoms with E-state index < -0.39 is 0 Å². The second-order valence-corrected chi connectivity index (χ2v) is 4.92. The van der Waals surface area contributed by atoms with E-state index in [1.54, 1.807) is 0 Å². The van der Waals surface area contributed by atoms with Gasteiger partial charge in [-0.25, -0.2) is 0 Å². The fourth-order valence-electron chi connectivity index (χ4n) is 2.44. The Labute approximate surface area is 99.2 Å². The Kier molecular flexibility index (Phi) is 6.97. The lowest BCUT2D eigenvalue weighted by Crippen LogP contribution is -2.44. The number of rotatable bonds is 7. The number of ether oxygens (including phenoxy) is 1. The van der Waals surface area contributed by atoms with Crippen LogP contribution in [0.3, 0.4) is 0 Å². The molecular weight excluding hydrogens is 205 g/mol. The highest BCUT2D eigenvalue weighted by atomic mass is 19.1. The summed E-state index contributed by atoms with van der Waals surface area (Å²) >= 11 is 0. The van der Waals surface area contributed by atoms with Crippen molar-refractivity contribution >= 4 is 0 Å². The van der Waals surface area contributed by atoms with Crippen LogP contribution in [0.5, 0.6) is 0 Å². The molecule has 1 saturated heterocycles. The molecule has 0 aromatic carbocycles. The van der Waals surface area contributed by atoms with Crippen LogP contribution in [0, 0.1) is 0 Å². The Balaban J connectivity index is 2.28. The van der Waals surface area contributed by atoms with E-state index in [4.69, 9.17) is 4.74 Å². The zero-order valence-electron chi connectivity index (χ0n) is 10.8. The fourth-order valence-corrected chi connectivity index (χ4v) is 2.44. The first-order valence-corrected chi connectivity index (χ1v) is 6.65. The smallest absolute Gasteiger partial charge is 0.0894 e. The van der Waals surface area contributed by atoms with E-state index >= 15 is 0 Å². The monoisotopic (exact) mass is 231 g/mol. The van der Waals surface area contributed by atoms with Gasteiger partial charge >= 0.3 is 0 Å². The SMILES string of the molecule is CC(C)N(CCCCCF)C1CCOCC1. The fraction of sp³-hybridized carbons (Fsp3) is 1.00. The molecule has 16 heavy (non-hydrogen) atoms. The van der Waals surface area contributed by atoms with Crippen molar-refractivity contribution in [2.24, 2.45) is 0 Å². The molecule has 0 bridgehead atoms. The molecule has 0 N–H and O–H groups in total. The Morgan fingerprint density at radius 3 is 2.44 bits per heavy atom. The molecule has 3 heteroatoms. The van der Waals surface area contributed by atoms with E-state index in [0.29, 0.717) is 12.1 Å². The van der Waals surface area contributed by atoms with Crippen LogP contribution >= 0.6 is 0 Å². The van der Waals surface area contributed by atoms with Gasteiger partial charge < -0.3 is 4.74 Å². The van der Waals surface area contributed by atoms with Crippen LogP contribution in [0.4, 0.5) is 4.39 Å². The summed E-state index contributed by atoms with van der Waals surface area (Å²) in [7, 11) is 0. The minimum absolute atomic E-state index is 0.168. The molecule has 2 nitrogen and oxygen atoms in total. The van der Waals surface area contributed by atoms with E-state index in [-0.39, 0.29) is 6.67 Å². The van der Waals surface area contributed by atoms with Crippen LogP contribution in [-0.4, -0.2) is 43.4 Å². The van der Waals surface area contributed by atoms with Crippen molar-refractivity contribution in [1.29, 1.82) is 0 Å². The van der Waals surface area contributed by atoms with Gasteiger partial charge in [0.15, 0.2) is 0 Å². The van der Waals surface area contributed by atoms with Gasteiger partial charge in [0.1, 0.15) is 0 Å². The molecule has 0 spiro atoms. The van der Waals surface area contributed by atoms with Crippen LogP contribution in [-0.2, 0) is 4.74 Å². The quantitative estimate of drug-likeness (QED) is 0.624. The predicted molar refractivity (Wildman–Crippen MR) is 65.5 cm³/mol.